The molecule has 0 aliphatic heterocycles. The first kappa shape index (κ1) is 34.9. The molecule has 2 atom stereocenters. The summed E-state index contributed by atoms with van der Waals surface area (Å²) in [4.78, 5) is 29.5. The minimum absolute atomic E-state index is 0.0482. The van der Waals surface area contributed by atoms with Gasteiger partial charge in [-0.15, -0.1) is 0 Å². The van der Waals surface area contributed by atoms with Crippen LogP contribution in [-0.4, -0.2) is 43.8 Å². The number of anilines is 1. The molecule has 0 saturated carbocycles. The Bertz CT molecular complexity index is 1770. The average molecular weight is 685 g/mol. The molecule has 0 heterocycles. The molecule has 0 saturated heterocycles. The number of hydrogen-bond donors (Lipinski definition) is 1. The zero-order valence-corrected chi connectivity index (χ0v) is 28.1. The summed E-state index contributed by atoms with van der Waals surface area (Å²) >= 11 is 12.4. The van der Waals surface area contributed by atoms with E-state index in [4.69, 9.17) is 23.2 Å². The van der Waals surface area contributed by atoms with E-state index in [0.29, 0.717) is 6.42 Å². The largest absolute Gasteiger partial charge is 0.352 e. The fourth-order valence-electron chi connectivity index (χ4n) is 4.81. The lowest BCUT2D eigenvalue weighted by atomic mass is 10.0. The van der Waals surface area contributed by atoms with Crippen molar-refractivity contribution in [1.82, 2.24) is 10.2 Å². The number of halogens is 3. The zero-order valence-electron chi connectivity index (χ0n) is 25.8. The number of amides is 2. The summed E-state index contributed by atoms with van der Waals surface area (Å²) < 4.78 is 44.2. The van der Waals surface area contributed by atoms with Crippen molar-refractivity contribution in [1.29, 1.82) is 0 Å². The van der Waals surface area contributed by atoms with E-state index in [1.54, 1.807) is 18.2 Å². The number of nitrogens with zero attached hydrogens (tertiary/aromatic N) is 2. The Hall–Kier alpha value is -3.92. The van der Waals surface area contributed by atoms with E-state index in [2.05, 4.69) is 5.32 Å². The van der Waals surface area contributed by atoms with Crippen molar-refractivity contribution in [2.45, 2.75) is 57.1 Å². The summed E-state index contributed by atoms with van der Waals surface area (Å²) in [6.45, 7) is 4.61. The third-order valence-corrected chi connectivity index (χ3v) is 10.2. The smallest absolute Gasteiger partial charge is 0.264 e. The number of rotatable bonds is 13. The molecule has 4 aromatic carbocycles. The summed E-state index contributed by atoms with van der Waals surface area (Å²) in [5.41, 5.74) is 1.89. The SMILES string of the molecule is CC[C@@H](C)NC(=O)[C@H](Cc1ccccc1)N(Cc1ccccc1F)C(=O)CN(c1ccc(Cl)c(Cl)c1)S(=O)(=O)c1ccc(C)cc1. The van der Waals surface area contributed by atoms with E-state index in [9.17, 15) is 18.0 Å². The first-order valence-electron chi connectivity index (χ1n) is 14.8. The van der Waals surface area contributed by atoms with E-state index < -0.39 is 40.2 Å². The van der Waals surface area contributed by atoms with Gasteiger partial charge in [-0.2, -0.15) is 0 Å². The van der Waals surface area contributed by atoms with Gasteiger partial charge in [0.15, 0.2) is 0 Å². The first-order valence-corrected chi connectivity index (χ1v) is 17.0. The molecule has 2 amide bonds. The van der Waals surface area contributed by atoms with Crippen LogP contribution in [0.2, 0.25) is 10.0 Å². The molecule has 0 bridgehead atoms. The monoisotopic (exact) mass is 683 g/mol. The average Bonchev–Trinajstić information content (AvgIpc) is 3.04. The molecule has 242 valence electrons. The lowest BCUT2D eigenvalue weighted by molar-refractivity contribution is -0.140. The van der Waals surface area contributed by atoms with Crippen LogP contribution in [0.4, 0.5) is 10.1 Å². The topological polar surface area (TPSA) is 86.8 Å². The van der Waals surface area contributed by atoms with Gasteiger partial charge in [0.2, 0.25) is 11.8 Å². The predicted octanol–water partition coefficient (Wildman–Crippen LogP) is 7.19. The highest BCUT2D eigenvalue weighted by atomic mass is 35.5. The van der Waals surface area contributed by atoms with E-state index >= 15 is 4.39 Å². The molecule has 4 rings (SSSR count). The van der Waals surface area contributed by atoms with Crippen LogP contribution < -0.4 is 9.62 Å². The second-order valence-electron chi connectivity index (χ2n) is 11.1. The molecule has 0 spiro atoms. The highest BCUT2D eigenvalue weighted by Gasteiger charge is 2.35. The normalized spacial score (nSPS) is 12.7. The maximum atomic E-state index is 15.1. The van der Waals surface area contributed by atoms with Gasteiger partial charge in [-0.25, -0.2) is 12.8 Å². The number of nitrogens with one attached hydrogen (secondary N) is 1. The molecule has 1 N–H and O–H groups in total. The van der Waals surface area contributed by atoms with E-state index in [1.165, 1.54) is 53.4 Å². The zero-order chi connectivity index (χ0) is 33.4. The summed E-state index contributed by atoms with van der Waals surface area (Å²) in [5, 5.41) is 3.25. The Labute approximate surface area is 280 Å². The van der Waals surface area contributed by atoms with E-state index in [-0.39, 0.29) is 45.2 Å². The van der Waals surface area contributed by atoms with Gasteiger partial charge in [0.25, 0.3) is 10.0 Å². The van der Waals surface area contributed by atoms with Gasteiger partial charge in [-0.1, -0.05) is 96.4 Å². The second-order valence-corrected chi connectivity index (χ2v) is 13.7. The lowest BCUT2D eigenvalue weighted by Gasteiger charge is -2.34. The van der Waals surface area contributed by atoms with Gasteiger partial charge in [-0.3, -0.25) is 13.9 Å². The minimum atomic E-state index is -4.33. The summed E-state index contributed by atoms with van der Waals surface area (Å²) in [6.07, 6.45) is 0.756. The Kier molecular flexibility index (Phi) is 11.8. The van der Waals surface area contributed by atoms with Crippen LogP contribution in [0.15, 0.2) is 102 Å². The van der Waals surface area contributed by atoms with Crippen LogP contribution in [0.5, 0.6) is 0 Å². The molecule has 0 radical (unpaired) electrons. The number of carbonyl (C=O) groups is 2. The Morgan fingerprint density at radius 1 is 0.891 bits per heavy atom. The second kappa shape index (κ2) is 15.6. The van der Waals surface area contributed by atoms with Crippen molar-refractivity contribution in [3.63, 3.8) is 0 Å². The van der Waals surface area contributed by atoms with Gasteiger partial charge in [0.05, 0.1) is 20.6 Å². The van der Waals surface area contributed by atoms with Crippen LogP contribution in [0.3, 0.4) is 0 Å². The third-order valence-electron chi connectivity index (χ3n) is 7.65. The van der Waals surface area contributed by atoms with Gasteiger partial charge in [0.1, 0.15) is 18.4 Å². The quantitative estimate of drug-likeness (QED) is 0.162. The van der Waals surface area contributed by atoms with Crippen molar-refractivity contribution in [2.75, 3.05) is 10.8 Å². The molecule has 0 aromatic heterocycles. The minimum Gasteiger partial charge on any atom is -0.352 e. The van der Waals surface area contributed by atoms with Crippen molar-refractivity contribution < 1.29 is 22.4 Å². The van der Waals surface area contributed by atoms with E-state index in [0.717, 1.165) is 15.4 Å². The number of sulfonamides is 1. The maximum absolute atomic E-state index is 15.1. The molecular formula is C35H36Cl2FN3O4S. The molecule has 0 unspecified atom stereocenters. The first-order chi connectivity index (χ1) is 21.9. The van der Waals surface area contributed by atoms with Gasteiger partial charge in [-0.05, 0) is 62.2 Å². The van der Waals surface area contributed by atoms with Gasteiger partial charge < -0.3 is 10.2 Å². The maximum Gasteiger partial charge on any atom is 0.264 e. The summed E-state index contributed by atoms with van der Waals surface area (Å²) in [5.74, 6) is -1.72. The Morgan fingerprint density at radius 3 is 2.17 bits per heavy atom. The predicted molar refractivity (Wildman–Crippen MR) is 181 cm³/mol. The van der Waals surface area contributed by atoms with Crippen LogP contribution in [0.1, 0.15) is 37.0 Å². The molecular weight excluding hydrogens is 648 g/mol. The summed E-state index contributed by atoms with van der Waals surface area (Å²) in [6, 6.07) is 24.3. The number of carbonyl (C=O) groups excluding carboxylic acids is 2. The fourth-order valence-corrected chi connectivity index (χ4v) is 6.51. The molecule has 11 heteroatoms. The molecule has 0 aliphatic rings. The molecule has 0 aliphatic carbocycles. The highest BCUT2D eigenvalue weighted by molar-refractivity contribution is 7.92. The molecule has 46 heavy (non-hydrogen) atoms. The van der Waals surface area contributed by atoms with Crippen molar-refractivity contribution in [2.24, 2.45) is 0 Å². The lowest BCUT2D eigenvalue weighted by Crippen LogP contribution is -2.54. The Morgan fingerprint density at radius 2 is 1.54 bits per heavy atom. The summed E-state index contributed by atoms with van der Waals surface area (Å²) in [7, 11) is -4.33. The van der Waals surface area contributed by atoms with Crippen molar-refractivity contribution in [3.05, 3.63) is 130 Å². The fraction of sp³-hybridized carbons (Fsp3) is 0.257. The number of hydrogen-bond acceptors (Lipinski definition) is 4. The van der Waals surface area contributed by atoms with Gasteiger partial charge in [0, 0.05) is 24.6 Å². The molecule has 0 fully saturated rings. The Balaban J connectivity index is 1.83. The van der Waals surface area contributed by atoms with E-state index in [1.807, 2.05) is 51.1 Å². The van der Waals surface area contributed by atoms with Gasteiger partial charge >= 0.3 is 0 Å². The number of aryl methyl sites for hydroxylation is 1. The van der Waals surface area contributed by atoms with Crippen molar-refractivity contribution >= 4 is 50.7 Å². The van der Waals surface area contributed by atoms with Crippen LogP contribution in [0, 0.1) is 12.7 Å². The van der Waals surface area contributed by atoms with Crippen molar-refractivity contribution in [3.8, 4) is 0 Å². The molecule has 7 nitrogen and oxygen atoms in total. The van der Waals surface area contributed by atoms with Crippen LogP contribution >= 0.6 is 23.2 Å². The number of benzene rings is 4. The standard InChI is InChI=1S/C35H36Cl2FN3O4S/c1-4-25(3)39-35(43)33(20-26-10-6-5-7-11-26)40(22-27-12-8-9-13-32(27)38)34(42)23-41(28-16-19-30(36)31(37)21-28)46(44,45)29-17-14-24(2)15-18-29/h5-19,21,25,33H,4,20,22-23H2,1-3H3,(H,39,43)/t25-,33+/m1/s1. The third kappa shape index (κ3) is 8.66. The highest BCUT2D eigenvalue weighted by Crippen LogP contribution is 2.31. The molecule has 4 aromatic rings. The van der Waals surface area contributed by atoms with Crippen LogP contribution in [-0.2, 0) is 32.6 Å². The van der Waals surface area contributed by atoms with Crippen LogP contribution in [0.25, 0.3) is 0 Å².